The highest BCUT2D eigenvalue weighted by Crippen LogP contribution is 2.38. The molecule has 3 aromatic rings. The van der Waals surface area contributed by atoms with E-state index in [9.17, 15) is 19.8 Å². The topological polar surface area (TPSA) is 111 Å². The van der Waals surface area contributed by atoms with E-state index in [1.807, 2.05) is 0 Å². The third-order valence-electron chi connectivity index (χ3n) is 4.25. The second-order valence-electron chi connectivity index (χ2n) is 6.78. The average molecular weight is 391 g/mol. The predicted molar refractivity (Wildman–Crippen MR) is 106 cm³/mol. The van der Waals surface area contributed by atoms with E-state index in [-0.39, 0.29) is 17.4 Å². The van der Waals surface area contributed by atoms with Gasteiger partial charge in [-0.1, -0.05) is 36.1 Å². The first kappa shape index (κ1) is 20.0. The minimum atomic E-state index is -1.33. The molecule has 7 nitrogen and oxygen atoms in total. The van der Waals surface area contributed by atoms with E-state index in [0.717, 1.165) is 5.56 Å². The molecule has 0 aliphatic rings. The van der Waals surface area contributed by atoms with Crippen molar-refractivity contribution in [1.82, 2.24) is 0 Å². The van der Waals surface area contributed by atoms with Crippen molar-refractivity contribution >= 4 is 34.1 Å². The van der Waals surface area contributed by atoms with Gasteiger partial charge in [0.2, 0.25) is 0 Å². The quantitative estimate of drug-likeness (QED) is 0.491. The Kier molecular flexibility index (Phi) is 5.59. The third-order valence-corrected chi connectivity index (χ3v) is 4.25. The summed E-state index contributed by atoms with van der Waals surface area (Å²) in [5.74, 6) is -2.53. The number of fused-ring (bicyclic) bond motifs is 1. The number of esters is 1. The minimum absolute atomic E-state index is 0.0601. The molecule has 0 atom stereocenters. The largest absolute Gasteiger partial charge is 0.870 e. The number of carbonyl (C=O) groups is 2. The summed E-state index contributed by atoms with van der Waals surface area (Å²) in [6, 6.07) is 13.0. The summed E-state index contributed by atoms with van der Waals surface area (Å²) in [6.45, 7) is 5.29. The van der Waals surface area contributed by atoms with Crippen LogP contribution in [0.4, 0.5) is 11.4 Å². The molecule has 0 saturated heterocycles. The van der Waals surface area contributed by atoms with Crippen LogP contribution in [0.2, 0.25) is 0 Å². The van der Waals surface area contributed by atoms with Gasteiger partial charge in [0.25, 0.3) is 0 Å². The zero-order chi connectivity index (χ0) is 21.1. The zero-order valence-electron chi connectivity index (χ0n) is 16.2. The lowest BCUT2D eigenvalue weighted by molar-refractivity contribution is -0.267. The molecule has 3 aromatic carbocycles. The van der Waals surface area contributed by atoms with Crippen LogP contribution in [0, 0.1) is 6.92 Å². The molecular weight excluding hydrogens is 372 g/mol. The van der Waals surface area contributed by atoms with Gasteiger partial charge in [-0.3, -0.25) is 0 Å². The van der Waals surface area contributed by atoms with Gasteiger partial charge < -0.3 is 14.9 Å². The van der Waals surface area contributed by atoms with Crippen LogP contribution < -0.4 is 5.11 Å². The standard InChI is InChI=1S/C22H20N2O5/c1-12(2)29-22(28)15-9-8-13(3)18(11-15)23-24-19-16-7-5-4-6-14(16)10-17(20(19)25)21(26)27/h4-12,25H,1-3H3,(H,26,27)/p-1. The van der Waals surface area contributed by atoms with Crippen molar-refractivity contribution in [3.05, 3.63) is 65.2 Å². The Morgan fingerprint density at radius 3 is 2.48 bits per heavy atom. The lowest BCUT2D eigenvalue weighted by Crippen LogP contribution is -2.11. The maximum Gasteiger partial charge on any atom is 0.338 e. The van der Waals surface area contributed by atoms with E-state index in [2.05, 4.69) is 10.2 Å². The van der Waals surface area contributed by atoms with Crippen molar-refractivity contribution in [2.45, 2.75) is 26.9 Å². The maximum atomic E-state index is 12.6. The highest BCUT2D eigenvalue weighted by atomic mass is 16.5. The summed E-state index contributed by atoms with van der Waals surface area (Å²) < 4.78 is 5.19. The molecule has 0 amide bonds. The van der Waals surface area contributed by atoms with Crippen molar-refractivity contribution in [1.29, 1.82) is 0 Å². The number of aromatic carboxylic acids is 1. The zero-order valence-corrected chi connectivity index (χ0v) is 16.2. The van der Waals surface area contributed by atoms with Gasteiger partial charge in [-0.2, -0.15) is 10.2 Å². The molecule has 0 radical (unpaired) electrons. The molecule has 148 valence electrons. The molecule has 0 fully saturated rings. The fourth-order valence-electron chi connectivity index (χ4n) is 2.80. The van der Waals surface area contributed by atoms with Crippen molar-refractivity contribution in [2.75, 3.05) is 0 Å². The lowest BCUT2D eigenvalue weighted by Gasteiger charge is -2.16. The number of azo groups is 1. The fraction of sp³-hybridized carbons (Fsp3) is 0.182. The Balaban J connectivity index is 2.09. The Labute approximate surface area is 167 Å². The molecule has 3 rings (SSSR count). The number of hydrogen-bond acceptors (Lipinski definition) is 6. The average Bonchev–Trinajstić information content (AvgIpc) is 2.67. The molecule has 0 aromatic heterocycles. The smallest absolute Gasteiger partial charge is 0.338 e. The van der Waals surface area contributed by atoms with E-state index >= 15 is 0 Å². The fourth-order valence-corrected chi connectivity index (χ4v) is 2.80. The first-order valence-electron chi connectivity index (χ1n) is 8.97. The SMILES string of the molecule is Cc1ccc(C(=O)OC(C)C)cc1N=Nc1c([O-])c(C(=O)O)cc2ccccc12. The summed E-state index contributed by atoms with van der Waals surface area (Å²) >= 11 is 0. The Morgan fingerprint density at radius 2 is 1.79 bits per heavy atom. The monoisotopic (exact) mass is 391 g/mol. The van der Waals surface area contributed by atoms with Crippen LogP contribution in [-0.2, 0) is 4.74 Å². The summed E-state index contributed by atoms with van der Waals surface area (Å²) in [5.41, 5.74) is 0.997. The van der Waals surface area contributed by atoms with Crippen molar-refractivity contribution in [3.8, 4) is 5.75 Å². The number of nitrogens with zero attached hydrogens (tertiary/aromatic N) is 2. The summed E-state index contributed by atoms with van der Waals surface area (Å²) in [4.78, 5) is 23.6. The number of carboxylic acids is 1. The van der Waals surface area contributed by atoms with Gasteiger partial charge in [0.15, 0.2) is 0 Å². The van der Waals surface area contributed by atoms with Gasteiger partial charge in [0.1, 0.15) is 0 Å². The minimum Gasteiger partial charge on any atom is -0.870 e. The van der Waals surface area contributed by atoms with Crippen LogP contribution >= 0.6 is 0 Å². The first-order valence-corrected chi connectivity index (χ1v) is 8.97. The molecule has 1 N–H and O–H groups in total. The summed E-state index contributed by atoms with van der Waals surface area (Å²) in [7, 11) is 0. The number of ether oxygens (including phenoxy) is 1. The Hall–Kier alpha value is -3.74. The van der Waals surface area contributed by atoms with Crippen LogP contribution in [-0.4, -0.2) is 23.1 Å². The Morgan fingerprint density at radius 1 is 1.07 bits per heavy atom. The number of hydrogen-bond donors (Lipinski definition) is 1. The summed E-state index contributed by atoms with van der Waals surface area (Å²) in [6.07, 6.45) is -0.262. The highest BCUT2D eigenvalue weighted by molar-refractivity contribution is 6.04. The van der Waals surface area contributed by atoms with Gasteiger partial charge in [0, 0.05) is 5.39 Å². The van der Waals surface area contributed by atoms with E-state index in [1.54, 1.807) is 57.2 Å². The molecule has 0 spiro atoms. The molecule has 0 aliphatic carbocycles. The molecule has 0 heterocycles. The number of carboxylic acid groups (broad SMARTS) is 1. The Bertz CT molecular complexity index is 1140. The second-order valence-corrected chi connectivity index (χ2v) is 6.78. The van der Waals surface area contributed by atoms with Crippen LogP contribution in [0.5, 0.6) is 5.75 Å². The number of carbonyl (C=O) groups excluding carboxylic acids is 1. The lowest BCUT2D eigenvalue weighted by atomic mass is 10.0. The van der Waals surface area contributed by atoms with E-state index < -0.39 is 17.7 Å². The van der Waals surface area contributed by atoms with Gasteiger partial charge in [0.05, 0.1) is 28.6 Å². The van der Waals surface area contributed by atoms with Gasteiger partial charge in [-0.05, 0) is 49.9 Å². The van der Waals surface area contributed by atoms with E-state index in [1.165, 1.54) is 12.1 Å². The molecule has 0 bridgehead atoms. The molecule has 0 saturated carbocycles. The van der Waals surface area contributed by atoms with Gasteiger partial charge in [-0.15, -0.1) is 0 Å². The third kappa shape index (κ3) is 4.24. The maximum absolute atomic E-state index is 12.6. The normalized spacial score (nSPS) is 11.3. The highest BCUT2D eigenvalue weighted by Gasteiger charge is 2.13. The van der Waals surface area contributed by atoms with Gasteiger partial charge in [-0.25, -0.2) is 9.59 Å². The molecule has 0 unspecified atom stereocenters. The van der Waals surface area contributed by atoms with E-state index in [4.69, 9.17) is 4.74 Å². The van der Waals surface area contributed by atoms with Crippen LogP contribution in [0.1, 0.15) is 40.1 Å². The van der Waals surface area contributed by atoms with Crippen molar-refractivity contribution in [3.63, 3.8) is 0 Å². The van der Waals surface area contributed by atoms with Gasteiger partial charge >= 0.3 is 11.9 Å². The van der Waals surface area contributed by atoms with Crippen molar-refractivity contribution < 1.29 is 24.5 Å². The summed E-state index contributed by atoms with van der Waals surface area (Å²) in [5, 5.41) is 31.2. The van der Waals surface area contributed by atoms with Crippen LogP contribution in [0.15, 0.2) is 58.8 Å². The number of aryl methyl sites for hydroxylation is 1. The van der Waals surface area contributed by atoms with Crippen molar-refractivity contribution in [2.24, 2.45) is 10.2 Å². The van der Waals surface area contributed by atoms with Crippen LogP contribution in [0.3, 0.4) is 0 Å². The number of rotatable bonds is 5. The van der Waals surface area contributed by atoms with E-state index in [0.29, 0.717) is 22.0 Å². The van der Waals surface area contributed by atoms with Crippen LogP contribution in [0.25, 0.3) is 10.8 Å². The molecule has 0 aliphatic heterocycles. The first-order chi connectivity index (χ1) is 13.8. The predicted octanol–water partition coefficient (Wildman–Crippen LogP) is 4.90. The molecule has 7 heteroatoms. The molecule has 29 heavy (non-hydrogen) atoms. The molecular formula is C22H19N2O5-. The number of benzene rings is 3. The second kappa shape index (κ2) is 8.10.